The fourth-order valence-corrected chi connectivity index (χ4v) is 3.74. The summed E-state index contributed by atoms with van der Waals surface area (Å²) in [5.74, 6) is -0.197. The van der Waals surface area contributed by atoms with E-state index in [0.717, 1.165) is 36.1 Å². The van der Waals surface area contributed by atoms with E-state index in [1.165, 1.54) is 12.1 Å². The summed E-state index contributed by atoms with van der Waals surface area (Å²) < 4.78 is 13.5. The summed E-state index contributed by atoms with van der Waals surface area (Å²) >= 11 is 0. The molecular weight excluding hydrogens is 343 g/mol. The van der Waals surface area contributed by atoms with Crippen LogP contribution in [0.4, 0.5) is 10.1 Å². The van der Waals surface area contributed by atoms with Gasteiger partial charge < -0.3 is 9.80 Å². The van der Waals surface area contributed by atoms with Crippen LogP contribution in [-0.4, -0.2) is 29.3 Å². The second kappa shape index (κ2) is 7.14. The van der Waals surface area contributed by atoms with Crippen molar-refractivity contribution in [3.05, 3.63) is 65.0 Å². The molecule has 4 nitrogen and oxygen atoms in total. The Kier molecular flexibility index (Phi) is 4.68. The van der Waals surface area contributed by atoms with Gasteiger partial charge in [0.15, 0.2) is 0 Å². The number of amides is 2. The number of rotatable bonds is 5. The van der Waals surface area contributed by atoms with E-state index in [1.54, 1.807) is 11.0 Å². The van der Waals surface area contributed by atoms with Crippen molar-refractivity contribution in [3.8, 4) is 0 Å². The zero-order valence-corrected chi connectivity index (χ0v) is 15.5. The van der Waals surface area contributed by atoms with Crippen molar-refractivity contribution in [1.82, 2.24) is 4.90 Å². The molecule has 0 unspecified atom stereocenters. The number of carbonyl (C=O) groups is 2. The van der Waals surface area contributed by atoms with Crippen molar-refractivity contribution in [3.63, 3.8) is 0 Å². The van der Waals surface area contributed by atoms with Crippen molar-refractivity contribution < 1.29 is 14.0 Å². The van der Waals surface area contributed by atoms with E-state index < -0.39 is 0 Å². The zero-order valence-electron chi connectivity index (χ0n) is 15.5. The summed E-state index contributed by atoms with van der Waals surface area (Å²) in [4.78, 5) is 28.8. The molecule has 5 heteroatoms. The quantitative estimate of drug-likeness (QED) is 0.804. The van der Waals surface area contributed by atoms with Crippen LogP contribution in [0, 0.1) is 5.82 Å². The van der Waals surface area contributed by atoms with Crippen LogP contribution in [0.1, 0.15) is 47.7 Å². The lowest BCUT2D eigenvalue weighted by atomic mass is 10.1. The van der Waals surface area contributed by atoms with Gasteiger partial charge in [0.25, 0.3) is 5.91 Å². The largest absolute Gasteiger partial charge is 0.331 e. The van der Waals surface area contributed by atoms with Gasteiger partial charge in [0.2, 0.25) is 5.91 Å². The van der Waals surface area contributed by atoms with Crippen LogP contribution in [0.15, 0.2) is 42.5 Å². The topological polar surface area (TPSA) is 40.6 Å². The molecule has 1 saturated carbocycles. The highest BCUT2D eigenvalue weighted by molar-refractivity contribution is 5.98. The molecule has 2 aliphatic rings. The van der Waals surface area contributed by atoms with E-state index in [-0.39, 0.29) is 23.7 Å². The maximum atomic E-state index is 13.5. The van der Waals surface area contributed by atoms with Gasteiger partial charge in [-0.1, -0.05) is 19.1 Å². The van der Waals surface area contributed by atoms with Crippen molar-refractivity contribution >= 4 is 17.5 Å². The van der Waals surface area contributed by atoms with Gasteiger partial charge in [-0.2, -0.15) is 0 Å². The van der Waals surface area contributed by atoms with Gasteiger partial charge in [0.1, 0.15) is 5.82 Å². The second-order valence-corrected chi connectivity index (χ2v) is 7.29. The van der Waals surface area contributed by atoms with E-state index in [9.17, 15) is 14.0 Å². The Bertz CT molecular complexity index is 892. The zero-order chi connectivity index (χ0) is 19.0. The fourth-order valence-electron chi connectivity index (χ4n) is 3.74. The highest BCUT2D eigenvalue weighted by Crippen LogP contribution is 2.33. The standard InChI is InChI=1S/C22H23FN2O2/c1-2-21(26)24-11-10-16-13-17(6-9-20(16)24)22(27)25(19-7-8-19)14-15-4-3-5-18(23)12-15/h3-6,9,12-13,19H,2,7-8,10-11,14H2,1H3. The van der Waals surface area contributed by atoms with Crippen LogP contribution in [-0.2, 0) is 17.8 Å². The van der Waals surface area contributed by atoms with Gasteiger partial charge in [0, 0.05) is 36.8 Å². The highest BCUT2D eigenvalue weighted by atomic mass is 19.1. The average Bonchev–Trinajstić information content (AvgIpc) is 3.43. The summed E-state index contributed by atoms with van der Waals surface area (Å²) in [6.45, 7) is 2.95. The van der Waals surface area contributed by atoms with E-state index in [1.807, 2.05) is 36.1 Å². The van der Waals surface area contributed by atoms with Crippen LogP contribution in [0.3, 0.4) is 0 Å². The Morgan fingerprint density at radius 3 is 2.70 bits per heavy atom. The molecule has 140 valence electrons. The predicted octanol–water partition coefficient (Wildman–Crippen LogP) is 3.93. The third-order valence-electron chi connectivity index (χ3n) is 5.32. The number of halogens is 1. The molecule has 27 heavy (non-hydrogen) atoms. The number of hydrogen-bond donors (Lipinski definition) is 0. The lowest BCUT2D eigenvalue weighted by Gasteiger charge is -2.23. The molecule has 1 heterocycles. The van der Waals surface area contributed by atoms with Gasteiger partial charge in [-0.25, -0.2) is 4.39 Å². The summed E-state index contributed by atoms with van der Waals surface area (Å²) in [6, 6.07) is 12.3. The minimum atomic E-state index is -0.283. The molecule has 2 amide bonds. The summed E-state index contributed by atoms with van der Waals surface area (Å²) in [5.41, 5.74) is 3.41. The molecule has 1 aliphatic heterocycles. The van der Waals surface area contributed by atoms with Crippen molar-refractivity contribution in [2.45, 2.75) is 45.2 Å². The number of benzene rings is 2. The van der Waals surface area contributed by atoms with E-state index in [2.05, 4.69) is 0 Å². The Hall–Kier alpha value is -2.69. The minimum Gasteiger partial charge on any atom is -0.331 e. The number of nitrogens with zero attached hydrogens (tertiary/aromatic N) is 2. The van der Waals surface area contributed by atoms with Crippen molar-refractivity contribution in [2.75, 3.05) is 11.4 Å². The molecule has 2 aromatic carbocycles. The lowest BCUT2D eigenvalue weighted by Crippen LogP contribution is -2.32. The van der Waals surface area contributed by atoms with Crippen LogP contribution in [0.5, 0.6) is 0 Å². The fraction of sp³-hybridized carbons (Fsp3) is 0.364. The molecule has 0 saturated heterocycles. The molecule has 2 aromatic rings. The van der Waals surface area contributed by atoms with Crippen LogP contribution in [0.2, 0.25) is 0 Å². The SMILES string of the molecule is CCC(=O)N1CCc2cc(C(=O)N(Cc3cccc(F)c3)C3CC3)ccc21. The molecule has 4 rings (SSSR count). The molecule has 1 fully saturated rings. The molecule has 0 atom stereocenters. The third kappa shape index (κ3) is 3.59. The number of carbonyl (C=O) groups excluding carboxylic acids is 2. The molecule has 0 aromatic heterocycles. The highest BCUT2D eigenvalue weighted by Gasteiger charge is 2.34. The number of anilines is 1. The normalized spacial score (nSPS) is 15.6. The Morgan fingerprint density at radius 1 is 1.19 bits per heavy atom. The number of fused-ring (bicyclic) bond motifs is 1. The molecule has 1 aliphatic carbocycles. The van der Waals surface area contributed by atoms with Crippen molar-refractivity contribution in [1.29, 1.82) is 0 Å². The third-order valence-corrected chi connectivity index (χ3v) is 5.32. The lowest BCUT2D eigenvalue weighted by molar-refractivity contribution is -0.118. The second-order valence-electron chi connectivity index (χ2n) is 7.29. The Labute approximate surface area is 158 Å². The summed E-state index contributed by atoms with van der Waals surface area (Å²) in [7, 11) is 0. The smallest absolute Gasteiger partial charge is 0.254 e. The monoisotopic (exact) mass is 366 g/mol. The Morgan fingerprint density at radius 2 is 2.00 bits per heavy atom. The summed E-state index contributed by atoms with van der Waals surface area (Å²) in [5, 5.41) is 0. The van der Waals surface area contributed by atoms with Gasteiger partial charge >= 0.3 is 0 Å². The van der Waals surface area contributed by atoms with Crippen LogP contribution >= 0.6 is 0 Å². The minimum absolute atomic E-state index is 0.0233. The first kappa shape index (κ1) is 17.7. The maximum Gasteiger partial charge on any atom is 0.254 e. The summed E-state index contributed by atoms with van der Waals surface area (Å²) in [6.07, 6.45) is 3.23. The van der Waals surface area contributed by atoms with Crippen LogP contribution < -0.4 is 4.90 Å². The van der Waals surface area contributed by atoms with Gasteiger partial charge in [0.05, 0.1) is 0 Å². The molecule has 0 N–H and O–H groups in total. The first-order valence-corrected chi connectivity index (χ1v) is 9.55. The maximum absolute atomic E-state index is 13.5. The first-order chi connectivity index (χ1) is 13.1. The first-order valence-electron chi connectivity index (χ1n) is 9.55. The van der Waals surface area contributed by atoms with E-state index >= 15 is 0 Å². The molecule has 0 bridgehead atoms. The van der Waals surface area contributed by atoms with E-state index in [0.29, 0.717) is 25.1 Å². The predicted molar refractivity (Wildman–Crippen MR) is 102 cm³/mol. The van der Waals surface area contributed by atoms with Gasteiger partial charge in [-0.3, -0.25) is 9.59 Å². The number of hydrogen-bond acceptors (Lipinski definition) is 2. The van der Waals surface area contributed by atoms with E-state index in [4.69, 9.17) is 0 Å². The van der Waals surface area contributed by atoms with Crippen LogP contribution in [0.25, 0.3) is 0 Å². The van der Waals surface area contributed by atoms with Crippen molar-refractivity contribution in [2.24, 2.45) is 0 Å². The Balaban J connectivity index is 1.57. The average molecular weight is 366 g/mol. The molecule has 0 radical (unpaired) electrons. The van der Waals surface area contributed by atoms with Gasteiger partial charge in [-0.05, 0) is 60.7 Å². The molecular formula is C22H23FN2O2. The molecule has 0 spiro atoms. The van der Waals surface area contributed by atoms with Gasteiger partial charge in [-0.15, -0.1) is 0 Å².